The number of fused-ring (bicyclic) bond motifs is 2. The van der Waals surface area contributed by atoms with Crippen LogP contribution >= 0.6 is 0 Å². The van der Waals surface area contributed by atoms with Crippen molar-refractivity contribution in [2.45, 2.75) is 12.5 Å². The van der Waals surface area contributed by atoms with E-state index in [0.29, 0.717) is 6.61 Å². The maximum Gasteiger partial charge on any atom is 0.164 e. The van der Waals surface area contributed by atoms with E-state index in [1.54, 1.807) is 13.4 Å². The summed E-state index contributed by atoms with van der Waals surface area (Å²) in [5.41, 5.74) is 2.95. The van der Waals surface area contributed by atoms with Crippen LogP contribution in [0.25, 0.3) is 11.0 Å². The Morgan fingerprint density at radius 2 is 2.27 bits per heavy atom. The maximum atomic E-state index is 5.88. The quantitative estimate of drug-likeness (QED) is 0.776. The van der Waals surface area contributed by atoms with E-state index in [0.717, 1.165) is 40.3 Å². The van der Waals surface area contributed by atoms with Crippen LogP contribution in [-0.4, -0.2) is 34.7 Å². The number of aromatic amines is 1. The zero-order chi connectivity index (χ0) is 14.9. The Morgan fingerprint density at radius 1 is 1.32 bits per heavy atom. The number of H-pyrrole nitrogens is 1. The summed E-state index contributed by atoms with van der Waals surface area (Å²) < 4.78 is 11.2. The molecule has 6 nitrogen and oxygen atoms in total. The molecule has 0 bridgehead atoms. The normalized spacial score (nSPS) is 16.9. The Kier molecular flexibility index (Phi) is 3.07. The molecule has 4 rings (SSSR count). The molecule has 22 heavy (non-hydrogen) atoms. The largest absolute Gasteiger partial charge is 0.493 e. The lowest BCUT2D eigenvalue weighted by Crippen LogP contribution is -2.33. The maximum absolute atomic E-state index is 5.88. The predicted octanol–water partition coefficient (Wildman–Crippen LogP) is 2.38. The van der Waals surface area contributed by atoms with E-state index in [1.165, 1.54) is 0 Å². The van der Waals surface area contributed by atoms with Crippen molar-refractivity contribution in [3.05, 3.63) is 42.4 Å². The molecular formula is C16H16N4O2. The predicted molar refractivity (Wildman–Crippen MR) is 83.5 cm³/mol. The number of benzene rings is 1. The monoisotopic (exact) mass is 296 g/mol. The molecule has 1 aliphatic heterocycles. The van der Waals surface area contributed by atoms with Crippen molar-refractivity contribution >= 4 is 16.9 Å². The van der Waals surface area contributed by atoms with Crippen LogP contribution in [0, 0.1) is 0 Å². The molecule has 0 spiro atoms. The smallest absolute Gasteiger partial charge is 0.164 e. The van der Waals surface area contributed by atoms with Crippen molar-refractivity contribution in [2.24, 2.45) is 0 Å². The molecule has 1 unspecified atom stereocenters. The summed E-state index contributed by atoms with van der Waals surface area (Å²) in [6.45, 7) is 0.569. The molecule has 0 amide bonds. The van der Waals surface area contributed by atoms with E-state index < -0.39 is 0 Å². The number of nitrogens with one attached hydrogen (secondary N) is 2. The highest BCUT2D eigenvalue weighted by atomic mass is 16.5. The van der Waals surface area contributed by atoms with Crippen LogP contribution in [0.3, 0.4) is 0 Å². The van der Waals surface area contributed by atoms with E-state index in [9.17, 15) is 0 Å². The molecule has 0 saturated carbocycles. The first-order valence-electron chi connectivity index (χ1n) is 7.18. The van der Waals surface area contributed by atoms with Crippen molar-refractivity contribution in [1.29, 1.82) is 0 Å². The van der Waals surface area contributed by atoms with Crippen LogP contribution in [0.5, 0.6) is 11.5 Å². The fourth-order valence-electron chi connectivity index (χ4n) is 2.82. The lowest BCUT2D eigenvalue weighted by Gasteiger charge is -2.27. The number of hydrogen-bond donors (Lipinski definition) is 2. The second kappa shape index (κ2) is 5.22. The Balaban J connectivity index is 1.59. The lowest BCUT2D eigenvalue weighted by atomic mass is 10.0. The van der Waals surface area contributed by atoms with Gasteiger partial charge in [-0.3, -0.25) is 0 Å². The molecule has 2 aromatic heterocycles. The highest BCUT2D eigenvalue weighted by molar-refractivity contribution is 5.85. The molecule has 1 aromatic carbocycles. The van der Waals surface area contributed by atoms with Gasteiger partial charge in [0, 0.05) is 11.8 Å². The molecule has 6 heteroatoms. The molecule has 3 aromatic rings. The Labute approximate surface area is 127 Å². The van der Waals surface area contributed by atoms with Gasteiger partial charge in [0.1, 0.15) is 18.5 Å². The van der Waals surface area contributed by atoms with Gasteiger partial charge >= 0.3 is 0 Å². The van der Waals surface area contributed by atoms with Gasteiger partial charge in [0.05, 0.1) is 18.7 Å². The first kappa shape index (κ1) is 12.9. The average Bonchev–Trinajstić information content (AvgIpc) is 3.04. The van der Waals surface area contributed by atoms with E-state index in [4.69, 9.17) is 9.47 Å². The summed E-state index contributed by atoms with van der Waals surface area (Å²) in [7, 11) is 1.66. The first-order valence-corrected chi connectivity index (χ1v) is 7.18. The summed E-state index contributed by atoms with van der Waals surface area (Å²) in [5.74, 6) is 2.43. The Bertz CT molecular complexity index is 815. The minimum absolute atomic E-state index is 0.154. The third-order valence-corrected chi connectivity index (χ3v) is 3.86. The van der Waals surface area contributed by atoms with Gasteiger partial charge in [0.25, 0.3) is 0 Å². The molecule has 0 radical (unpaired) electrons. The Hall–Kier alpha value is -2.76. The van der Waals surface area contributed by atoms with Crippen molar-refractivity contribution in [3.63, 3.8) is 0 Å². The van der Waals surface area contributed by atoms with Crippen LogP contribution < -0.4 is 14.8 Å². The summed E-state index contributed by atoms with van der Waals surface area (Å²) in [6, 6.07) is 8.05. The molecule has 0 aliphatic carbocycles. The van der Waals surface area contributed by atoms with Crippen LogP contribution in [0.4, 0.5) is 5.82 Å². The molecule has 1 aliphatic rings. The van der Waals surface area contributed by atoms with Crippen LogP contribution in [-0.2, 0) is 6.42 Å². The minimum Gasteiger partial charge on any atom is -0.493 e. The number of rotatable bonds is 3. The molecule has 0 fully saturated rings. The molecule has 112 valence electrons. The Morgan fingerprint density at radius 3 is 3.18 bits per heavy atom. The van der Waals surface area contributed by atoms with Gasteiger partial charge in [-0.25, -0.2) is 9.97 Å². The number of ether oxygens (including phenoxy) is 2. The van der Waals surface area contributed by atoms with Crippen LogP contribution in [0.2, 0.25) is 0 Å². The summed E-state index contributed by atoms with van der Waals surface area (Å²) in [6.07, 6.45) is 4.29. The van der Waals surface area contributed by atoms with Gasteiger partial charge in [0.15, 0.2) is 17.3 Å². The van der Waals surface area contributed by atoms with E-state index >= 15 is 0 Å². The fourth-order valence-corrected chi connectivity index (χ4v) is 2.82. The highest BCUT2D eigenvalue weighted by Crippen LogP contribution is 2.35. The van der Waals surface area contributed by atoms with Crippen molar-refractivity contribution in [3.8, 4) is 11.5 Å². The van der Waals surface area contributed by atoms with Gasteiger partial charge in [-0.15, -0.1) is 0 Å². The lowest BCUT2D eigenvalue weighted by molar-refractivity contribution is 0.256. The molecule has 1 atom stereocenters. The number of aromatic nitrogens is 3. The molecule has 2 N–H and O–H groups in total. The molecule has 3 heterocycles. The van der Waals surface area contributed by atoms with Crippen molar-refractivity contribution in [2.75, 3.05) is 19.0 Å². The van der Waals surface area contributed by atoms with Gasteiger partial charge < -0.3 is 19.8 Å². The fraction of sp³-hybridized carbons (Fsp3) is 0.250. The van der Waals surface area contributed by atoms with Gasteiger partial charge in [0.2, 0.25) is 0 Å². The summed E-state index contributed by atoms with van der Waals surface area (Å²) in [4.78, 5) is 11.7. The van der Waals surface area contributed by atoms with Gasteiger partial charge in [-0.05, 0) is 18.6 Å². The van der Waals surface area contributed by atoms with Crippen LogP contribution in [0.1, 0.15) is 5.56 Å². The van der Waals surface area contributed by atoms with Gasteiger partial charge in [-0.1, -0.05) is 12.1 Å². The van der Waals surface area contributed by atoms with Crippen LogP contribution in [0.15, 0.2) is 36.8 Å². The molecule has 0 saturated heterocycles. The number of anilines is 1. The topological polar surface area (TPSA) is 72.1 Å². The van der Waals surface area contributed by atoms with E-state index in [1.807, 2.05) is 24.4 Å². The number of nitrogens with zero attached hydrogens (tertiary/aromatic N) is 2. The molecular weight excluding hydrogens is 280 g/mol. The third-order valence-electron chi connectivity index (χ3n) is 3.86. The first-order chi connectivity index (χ1) is 10.8. The standard InChI is InChI=1S/C16H16N4O2/c1-21-13-4-2-3-10-7-11(8-22-15(10)13)20-16-14-12(5-6-17-14)18-9-19-16/h2-6,9,11,17H,7-8H2,1H3,(H,18,19,20). The minimum atomic E-state index is 0.154. The van der Waals surface area contributed by atoms with Gasteiger partial charge in [-0.2, -0.15) is 0 Å². The third kappa shape index (κ3) is 2.13. The zero-order valence-corrected chi connectivity index (χ0v) is 12.2. The summed E-state index contributed by atoms with van der Waals surface area (Å²) in [5, 5.41) is 3.44. The second-order valence-corrected chi connectivity index (χ2v) is 5.27. The highest BCUT2D eigenvalue weighted by Gasteiger charge is 2.23. The number of para-hydroxylation sites is 1. The second-order valence-electron chi connectivity index (χ2n) is 5.27. The van der Waals surface area contributed by atoms with E-state index in [2.05, 4.69) is 26.3 Å². The number of methoxy groups -OCH3 is 1. The van der Waals surface area contributed by atoms with Crippen molar-refractivity contribution < 1.29 is 9.47 Å². The zero-order valence-electron chi connectivity index (χ0n) is 12.2. The van der Waals surface area contributed by atoms with E-state index in [-0.39, 0.29) is 6.04 Å². The average molecular weight is 296 g/mol. The summed E-state index contributed by atoms with van der Waals surface area (Å²) >= 11 is 0. The number of hydrogen-bond acceptors (Lipinski definition) is 5. The SMILES string of the molecule is COc1cccc2c1OCC(Nc1ncnc3cc[nH]c13)C2. The van der Waals surface area contributed by atoms with Crippen molar-refractivity contribution in [1.82, 2.24) is 15.0 Å².